The van der Waals surface area contributed by atoms with E-state index in [4.69, 9.17) is 16.3 Å². The molecule has 0 heterocycles. The Balaban J connectivity index is 1.76. The minimum atomic E-state index is -0.648. The molecule has 0 bridgehead atoms. The quantitative estimate of drug-likeness (QED) is 0.690. The van der Waals surface area contributed by atoms with Gasteiger partial charge in [-0.15, -0.1) is 0 Å². The Morgan fingerprint density at radius 1 is 0.970 bits per heavy atom. The van der Waals surface area contributed by atoms with E-state index in [0.29, 0.717) is 29.8 Å². The summed E-state index contributed by atoms with van der Waals surface area (Å²) in [5.41, 5.74) is -0.128. The zero-order chi connectivity index (χ0) is 24.3. The first kappa shape index (κ1) is 24.8. The van der Waals surface area contributed by atoms with E-state index < -0.39 is 17.7 Å². The van der Waals surface area contributed by atoms with Gasteiger partial charge in [0.2, 0.25) is 5.91 Å². The van der Waals surface area contributed by atoms with Gasteiger partial charge in [-0.25, -0.2) is 4.79 Å². The lowest BCUT2D eigenvalue weighted by molar-refractivity contribution is -0.134. The number of hydrogen-bond donors (Lipinski definition) is 2. The predicted molar refractivity (Wildman–Crippen MR) is 129 cm³/mol. The van der Waals surface area contributed by atoms with Crippen molar-refractivity contribution in [2.75, 3.05) is 14.1 Å². The van der Waals surface area contributed by atoms with E-state index in [1.54, 1.807) is 51.9 Å². The van der Waals surface area contributed by atoms with E-state index in [2.05, 4.69) is 10.6 Å². The van der Waals surface area contributed by atoms with Crippen molar-refractivity contribution in [3.05, 3.63) is 47.0 Å². The van der Waals surface area contributed by atoms with E-state index in [1.165, 1.54) is 0 Å². The van der Waals surface area contributed by atoms with Crippen molar-refractivity contribution in [3.8, 4) is 0 Å². The second-order valence-corrected chi connectivity index (χ2v) is 10.2. The van der Waals surface area contributed by atoms with Crippen LogP contribution in [-0.2, 0) is 9.53 Å². The van der Waals surface area contributed by atoms with Crippen LogP contribution in [0.4, 0.5) is 4.79 Å². The van der Waals surface area contributed by atoms with E-state index in [0.717, 1.165) is 10.8 Å². The molecule has 3 rings (SSSR count). The molecule has 3 amide bonds. The fourth-order valence-corrected chi connectivity index (χ4v) is 4.34. The summed E-state index contributed by atoms with van der Waals surface area (Å²) in [6.07, 6.45) is 1.06. The van der Waals surface area contributed by atoms with Gasteiger partial charge < -0.3 is 20.3 Å². The van der Waals surface area contributed by atoms with Crippen molar-refractivity contribution in [1.82, 2.24) is 15.5 Å². The number of ether oxygens (including phenoxy) is 1. The topological polar surface area (TPSA) is 87.7 Å². The third-order valence-corrected chi connectivity index (χ3v) is 5.96. The number of carbonyl (C=O) groups is 3. The molecular weight excluding hydrogens is 442 g/mol. The Kier molecular flexibility index (Phi) is 7.52. The molecule has 0 aliphatic heterocycles. The SMILES string of the molecule is CN(C)C(=O)[C@H]1CC[C@H](NC(=O)c2ccc3cc(Cl)ccc3c2)[C@H](NC(=O)OC(C)(C)C)C1. The molecule has 1 aliphatic rings. The largest absolute Gasteiger partial charge is 0.444 e. The molecule has 8 heteroatoms. The van der Waals surface area contributed by atoms with E-state index in [-0.39, 0.29) is 23.8 Å². The highest BCUT2D eigenvalue weighted by Crippen LogP contribution is 2.27. The van der Waals surface area contributed by atoms with E-state index >= 15 is 0 Å². The van der Waals surface area contributed by atoms with Gasteiger partial charge in [0.1, 0.15) is 5.60 Å². The standard InChI is InChI=1S/C25H32ClN3O4/c1-25(2,3)33-24(32)28-21-14-18(23(31)29(4)5)9-11-20(21)27-22(30)17-7-6-16-13-19(26)10-8-15(16)12-17/h6-8,10,12-13,18,20-21H,9,11,14H2,1-5H3,(H,27,30)(H,28,32)/t18-,20-,21+/m0/s1. The number of benzene rings is 2. The number of carbonyl (C=O) groups excluding carboxylic acids is 3. The Hall–Kier alpha value is -2.80. The van der Waals surface area contributed by atoms with E-state index in [9.17, 15) is 14.4 Å². The van der Waals surface area contributed by atoms with Crippen LogP contribution in [0.5, 0.6) is 0 Å². The number of nitrogens with one attached hydrogen (secondary N) is 2. The molecule has 7 nitrogen and oxygen atoms in total. The van der Waals surface area contributed by atoms with Crippen molar-refractivity contribution in [3.63, 3.8) is 0 Å². The molecule has 3 atom stereocenters. The molecule has 1 saturated carbocycles. The molecule has 2 aromatic carbocycles. The van der Waals surface area contributed by atoms with Gasteiger partial charge in [0.15, 0.2) is 0 Å². The normalized spacial score (nSPS) is 20.7. The summed E-state index contributed by atoms with van der Waals surface area (Å²) in [7, 11) is 3.44. The highest BCUT2D eigenvalue weighted by Gasteiger charge is 2.37. The van der Waals surface area contributed by atoms with Gasteiger partial charge in [-0.2, -0.15) is 0 Å². The monoisotopic (exact) mass is 473 g/mol. The summed E-state index contributed by atoms with van der Waals surface area (Å²) >= 11 is 6.05. The average molecular weight is 474 g/mol. The second-order valence-electron chi connectivity index (χ2n) is 9.78. The van der Waals surface area contributed by atoms with Gasteiger partial charge in [0, 0.05) is 36.6 Å². The summed E-state index contributed by atoms with van der Waals surface area (Å²) in [5.74, 6) is -0.437. The minimum Gasteiger partial charge on any atom is -0.444 e. The lowest BCUT2D eigenvalue weighted by Gasteiger charge is -2.37. The van der Waals surface area contributed by atoms with Crippen LogP contribution in [0.1, 0.15) is 50.4 Å². The number of fused-ring (bicyclic) bond motifs is 1. The number of rotatable bonds is 4. The molecule has 1 fully saturated rings. The molecule has 2 N–H and O–H groups in total. The number of nitrogens with zero attached hydrogens (tertiary/aromatic N) is 1. The number of amides is 3. The summed E-state index contributed by atoms with van der Waals surface area (Å²) in [5, 5.41) is 8.44. The summed E-state index contributed by atoms with van der Waals surface area (Å²) in [6.45, 7) is 5.37. The second kappa shape index (κ2) is 10.00. The maximum absolute atomic E-state index is 13.1. The average Bonchev–Trinajstić information content (AvgIpc) is 2.72. The highest BCUT2D eigenvalue weighted by atomic mass is 35.5. The van der Waals surface area contributed by atoms with Gasteiger partial charge in [0.05, 0.1) is 6.04 Å². The van der Waals surface area contributed by atoms with Crippen LogP contribution in [0.2, 0.25) is 5.02 Å². The summed E-state index contributed by atoms with van der Waals surface area (Å²) in [6, 6.07) is 10.2. The van der Waals surface area contributed by atoms with Gasteiger partial charge in [-0.05, 0) is 75.1 Å². The van der Waals surface area contributed by atoms with Crippen LogP contribution in [0, 0.1) is 5.92 Å². The molecule has 0 unspecified atom stereocenters. The molecular formula is C25H32ClN3O4. The van der Waals surface area contributed by atoms with Crippen LogP contribution in [-0.4, -0.2) is 54.6 Å². The fraction of sp³-hybridized carbons (Fsp3) is 0.480. The summed E-state index contributed by atoms with van der Waals surface area (Å²) in [4.78, 5) is 39.6. The van der Waals surface area contributed by atoms with Gasteiger partial charge in [-0.3, -0.25) is 9.59 Å². The third kappa shape index (κ3) is 6.60. The van der Waals surface area contributed by atoms with Crippen LogP contribution in [0.15, 0.2) is 36.4 Å². The first-order valence-corrected chi connectivity index (χ1v) is 11.5. The molecule has 0 saturated heterocycles. The van der Waals surface area contributed by atoms with Gasteiger partial charge in [0.25, 0.3) is 5.91 Å². The first-order valence-electron chi connectivity index (χ1n) is 11.1. The maximum atomic E-state index is 13.1. The summed E-state index contributed by atoms with van der Waals surface area (Å²) < 4.78 is 5.41. The fourth-order valence-electron chi connectivity index (χ4n) is 4.16. The van der Waals surface area contributed by atoms with Crippen molar-refractivity contribution in [2.45, 2.75) is 57.7 Å². The highest BCUT2D eigenvalue weighted by molar-refractivity contribution is 6.31. The van der Waals surface area contributed by atoms with Crippen LogP contribution < -0.4 is 10.6 Å². The Bertz CT molecular complexity index is 1050. The van der Waals surface area contributed by atoms with E-state index in [1.807, 2.05) is 24.3 Å². The van der Waals surface area contributed by atoms with Crippen LogP contribution in [0.25, 0.3) is 10.8 Å². The molecule has 0 radical (unpaired) electrons. The smallest absolute Gasteiger partial charge is 0.407 e. The first-order chi connectivity index (χ1) is 15.4. The Morgan fingerprint density at radius 3 is 2.30 bits per heavy atom. The number of alkyl carbamates (subject to hydrolysis) is 1. The number of hydrogen-bond acceptors (Lipinski definition) is 4. The number of halogens is 1. The Morgan fingerprint density at radius 2 is 1.64 bits per heavy atom. The van der Waals surface area contributed by atoms with Gasteiger partial charge >= 0.3 is 6.09 Å². The molecule has 33 heavy (non-hydrogen) atoms. The van der Waals surface area contributed by atoms with Crippen LogP contribution in [0.3, 0.4) is 0 Å². The lowest BCUT2D eigenvalue weighted by Crippen LogP contribution is -2.56. The third-order valence-electron chi connectivity index (χ3n) is 5.72. The maximum Gasteiger partial charge on any atom is 0.407 e. The van der Waals surface area contributed by atoms with Crippen molar-refractivity contribution < 1.29 is 19.1 Å². The minimum absolute atomic E-state index is 0.0176. The zero-order valence-corrected chi connectivity index (χ0v) is 20.5. The van der Waals surface area contributed by atoms with Gasteiger partial charge in [-0.1, -0.05) is 23.7 Å². The molecule has 1 aliphatic carbocycles. The molecule has 0 spiro atoms. The molecule has 2 aromatic rings. The molecule has 178 valence electrons. The lowest BCUT2D eigenvalue weighted by atomic mass is 9.81. The predicted octanol–water partition coefficient (Wildman–Crippen LogP) is 4.37. The molecule has 0 aromatic heterocycles. The van der Waals surface area contributed by atoms with Crippen molar-refractivity contribution in [2.24, 2.45) is 5.92 Å². The Labute approximate surface area is 199 Å². The van der Waals surface area contributed by atoms with Crippen molar-refractivity contribution in [1.29, 1.82) is 0 Å². The van der Waals surface area contributed by atoms with Crippen molar-refractivity contribution >= 4 is 40.3 Å². The van der Waals surface area contributed by atoms with Crippen LogP contribution >= 0.6 is 11.6 Å². The zero-order valence-electron chi connectivity index (χ0n) is 19.8.